The van der Waals surface area contributed by atoms with Crippen molar-refractivity contribution in [1.29, 1.82) is 0 Å². The van der Waals surface area contributed by atoms with Gasteiger partial charge < -0.3 is 9.72 Å². The van der Waals surface area contributed by atoms with Crippen molar-refractivity contribution in [3.63, 3.8) is 0 Å². The third kappa shape index (κ3) is 1.61. The molecule has 1 aromatic carbocycles. The quantitative estimate of drug-likeness (QED) is 0.457. The van der Waals surface area contributed by atoms with E-state index in [1.54, 1.807) is 0 Å². The van der Waals surface area contributed by atoms with E-state index in [9.17, 15) is 24.1 Å². The molecule has 0 amide bonds. The minimum atomic E-state index is -1.39. The fourth-order valence-corrected chi connectivity index (χ4v) is 1.52. The molecule has 9 heteroatoms. The van der Waals surface area contributed by atoms with E-state index in [4.69, 9.17) is 0 Å². The summed E-state index contributed by atoms with van der Waals surface area (Å²) < 4.78 is 18.1. The number of aromatic amines is 1. The number of hydrogen-bond acceptors (Lipinski definition) is 5. The molecule has 0 radical (unpaired) electrons. The van der Waals surface area contributed by atoms with Gasteiger partial charge in [0, 0.05) is 12.1 Å². The summed E-state index contributed by atoms with van der Waals surface area (Å²) in [5.41, 5.74) is -3.00. The molecule has 0 unspecified atom stereocenters. The molecule has 8 nitrogen and oxygen atoms in total. The standard InChI is InChI=1S/C9H6FN3O5/c1-18-7-3-5-6(2-4(7)10)12(13(16)17)9(15)8(14)11-5/h2-3H,1H3,(H,11,14). The number of rotatable bonds is 2. The van der Waals surface area contributed by atoms with Gasteiger partial charge in [0.15, 0.2) is 16.6 Å². The first kappa shape index (κ1) is 11.8. The fourth-order valence-electron chi connectivity index (χ4n) is 1.52. The lowest BCUT2D eigenvalue weighted by Crippen LogP contribution is -2.39. The van der Waals surface area contributed by atoms with Crippen molar-refractivity contribution < 1.29 is 14.2 Å². The predicted molar refractivity (Wildman–Crippen MR) is 57.7 cm³/mol. The van der Waals surface area contributed by atoms with Crippen LogP contribution < -0.4 is 15.9 Å². The highest BCUT2D eigenvalue weighted by molar-refractivity contribution is 5.76. The summed E-state index contributed by atoms with van der Waals surface area (Å²) in [4.78, 5) is 35.4. The van der Waals surface area contributed by atoms with E-state index in [1.807, 2.05) is 0 Å². The Bertz CT molecular complexity index is 763. The van der Waals surface area contributed by atoms with Gasteiger partial charge in [-0.2, -0.15) is 0 Å². The smallest absolute Gasteiger partial charge is 0.377 e. The summed E-state index contributed by atoms with van der Waals surface area (Å²) in [5.74, 6) is -1.08. The second-order valence-corrected chi connectivity index (χ2v) is 3.31. The molecule has 1 N–H and O–H groups in total. The maximum atomic E-state index is 13.4. The van der Waals surface area contributed by atoms with Crippen molar-refractivity contribution in [2.45, 2.75) is 0 Å². The lowest BCUT2D eigenvalue weighted by molar-refractivity contribution is -0.540. The second kappa shape index (κ2) is 3.95. The number of nitrogens with one attached hydrogen (secondary N) is 1. The van der Waals surface area contributed by atoms with Gasteiger partial charge in [-0.1, -0.05) is 0 Å². The molecule has 1 aromatic heterocycles. The number of aromatic nitrogens is 2. The molecule has 94 valence electrons. The lowest BCUT2D eigenvalue weighted by Gasteiger charge is -2.05. The van der Waals surface area contributed by atoms with Gasteiger partial charge in [-0.3, -0.25) is 9.59 Å². The van der Waals surface area contributed by atoms with Gasteiger partial charge in [-0.15, -0.1) is 0 Å². The SMILES string of the molecule is COc1cc2[nH]c(=O)c(=O)n([N+](=O)[O-])c2cc1F. The molecule has 0 saturated heterocycles. The number of nitrogens with zero attached hydrogens (tertiary/aromatic N) is 2. The van der Waals surface area contributed by atoms with E-state index in [-0.39, 0.29) is 21.5 Å². The predicted octanol–water partition coefficient (Wildman–Crippen LogP) is -0.123. The van der Waals surface area contributed by atoms with E-state index >= 15 is 0 Å². The van der Waals surface area contributed by atoms with Crippen molar-refractivity contribution in [3.8, 4) is 5.75 Å². The number of hydrogen-bond donors (Lipinski definition) is 1. The summed E-state index contributed by atoms with van der Waals surface area (Å²) in [6, 6.07) is 1.81. The summed E-state index contributed by atoms with van der Waals surface area (Å²) in [6.07, 6.45) is 0. The van der Waals surface area contributed by atoms with Crippen LogP contribution in [0.1, 0.15) is 0 Å². The lowest BCUT2D eigenvalue weighted by atomic mass is 10.2. The second-order valence-electron chi connectivity index (χ2n) is 3.31. The van der Waals surface area contributed by atoms with Gasteiger partial charge in [-0.05, 0) is 4.68 Å². The zero-order chi connectivity index (χ0) is 13.4. The number of fused-ring (bicyclic) bond motifs is 1. The maximum absolute atomic E-state index is 13.4. The number of ether oxygens (including phenoxy) is 1. The summed E-state index contributed by atoms with van der Waals surface area (Å²) in [7, 11) is 1.20. The zero-order valence-corrected chi connectivity index (χ0v) is 8.97. The van der Waals surface area contributed by atoms with Crippen LogP contribution in [0.2, 0.25) is 0 Å². The van der Waals surface area contributed by atoms with Gasteiger partial charge in [0.05, 0.1) is 12.6 Å². The first-order chi connectivity index (χ1) is 8.45. The van der Waals surface area contributed by atoms with Crippen LogP contribution in [0.25, 0.3) is 11.0 Å². The van der Waals surface area contributed by atoms with Crippen LogP contribution in [0.15, 0.2) is 21.7 Å². The van der Waals surface area contributed by atoms with Crippen molar-refractivity contribution in [2.75, 3.05) is 7.11 Å². The molecule has 2 aromatic rings. The van der Waals surface area contributed by atoms with Crippen LogP contribution in [-0.4, -0.2) is 21.8 Å². The van der Waals surface area contributed by atoms with Crippen molar-refractivity contribution in [3.05, 3.63) is 48.8 Å². The van der Waals surface area contributed by atoms with Crippen molar-refractivity contribution >= 4 is 11.0 Å². The third-order valence-corrected chi connectivity index (χ3v) is 2.30. The molecule has 0 aliphatic heterocycles. The summed E-state index contributed by atoms with van der Waals surface area (Å²) in [5, 5.41) is 9.62. The highest BCUT2D eigenvalue weighted by Gasteiger charge is 2.18. The van der Waals surface area contributed by atoms with E-state index in [2.05, 4.69) is 9.72 Å². The molecule has 0 aliphatic rings. The monoisotopic (exact) mass is 255 g/mol. The average molecular weight is 255 g/mol. The number of halogens is 1. The number of nitro groups is 1. The highest BCUT2D eigenvalue weighted by Crippen LogP contribution is 2.21. The zero-order valence-electron chi connectivity index (χ0n) is 8.97. The molecule has 0 bridgehead atoms. The number of benzene rings is 1. The van der Waals surface area contributed by atoms with E-state index in [0.29, 0.717) is 0 Å². The maximum Gasteiger partial charge on any atom is 0.377 e. The number of methoxy groups -OCH3 is 1. The van der Waals surface area contributed by atoms with Gasteiger partial charge >= 0.3 is 11.1 Å². The first-order valence-corrected chi connectivity index (χ1v) is 4.63. The van der Waals surface area contributed by atoms with Crippen LogP contribution >= 0.6 is 0 Å². The molecule has 0 aliphatic carbocycles. The molecule has 0 saturated carbocycles. The molecular formula is C9H6FN3O5. The molecule has 0 atom stereocenters. The summed E-state index contributed by atoms with van der Waals surface area (Å²) in [6.45, 7) is 0. The van der Waals surface area contributed by atoms with Gasteiger partial charge in [-0.25, -0.2) is 14.5 Å². The molecule has 2 rings (SSSR count). The Morgan fingerprint density at radius 2 is 2.11 bits per heavy atom. The Kier molecular flexibility index (Phi) is 2.58. The molecule has 18 heavy (non-hydrogen) atoms. The fraction of sp³-hybridized carbons (Fsp3) is 0.111. The van der Waals surface area contributed by atoms with Crippen molar-refractivity contribution in [1.82, 2.24) is 9.66 Å². The van der Waals surface area contributed by atoms with Crippen LogP contribution in [0, 0.1) is 15.9 Å². The average Bonchev–Trinajstić information content (AvgIpc) is 2.30. The van der Waals surface area contributed by atoms with Crippen LogP contribution in [0.4, 0.5) is 4.39 Å². The van der Waals surface area contributed by atoms with Crippen LogP contribution in [0.5, 0.6) is 5.75 Å². The third-order valence-electron chi connectivity index (χ3n) is 2.30. The van der Waals surface area contributed by atoms with Gasteiger partial charge in [0.1, 0.15) is 5.52 Å². The normalized spacial score (nSPS) is 10.6. The van der Waals surface area contributed by atoms with Crippen LogP contribution in [-0.2, 0) is 0 Å². The Labute approximate surface area is 97.4 Å². The van der Waals surface area contributed by atoms with Gasteiger partial charge in [0.2, 0.25) is 0 Å². The Balaban J connectivity index is 3.02. The van der Waals surface area contributed by atoms with Crippen LogP contribution in [0.3, 0.4) is 0 Å². The molecule has 0 fully saturated rings. The largest absolute Gasteiger partial charge is 0.494 e. The Morgan fingerprint density at radius 3 is 2.67 bits per heavy atom. The van der Waals surface area contributed by atoms with Crippen molar-refractivity contribution in [2.24, 2.45) is 0 Å². The molecule has 0 spiro atoms. The summed E-state index contributed by atoms with van der Waals surface area (Å²) >= 11 is 0. The van der Waals surface area contributed by atoms with E-state index in [0.717, 1.165) is 12.1 Å². The minimum absolute atomic E-state index is 0.0172. The molecule has 1 heterocycles. The highest BCUT2D eigenvalue weighted by atomic mass is 19.1. The Morgan fingerprint density at radius 1 is 1.44 bits per heavy atom. The number of H-pyrrole nitrogens is 1. The Hall–Kier alpha value is -2.71. The topological polar surface area (TPSA) is 107 Å². The van der Waals surface area contributed by atoms with E-state index in [1.165, 1.54) is 7.11 Å². The minimum Gasteiger partial charge on any atom is -0.494 e. The molecular weight excluding hydrogens is 249 g/mol. The first-order valence-electron chi connectivity index (χ1n) is 4.63. The van der Waals surface area contributed by atoms with Gasteiger partial charge in [0.25, 0.3) is 0 Å². The van der Waals surface area contributed by atoms with E-state index < -0.39 is 22.0 Å².